The average molecular weight is 248 g/mol. The first-order valence-corrected chi connectivity index (χ1v) is 5.24. The van der Waals surface area contributed by atoms with E-state index in [1.54, 1.807) is 12.3 Å². The minimum Gasteiger partial charge on any atom is -0.375 e. The molecule has 17 heavy (non-hydrogen) atoms. The molecule has 0 radical (unpaired) electrons. The molecule has 0 fully saturated rings. The van der Waals surface area contributed by atoms with Crippen molar-refractivity contribution in [3.05, 3.63) is 29.6 Å². The smallest absolute Gasteiger partial charge is 0.375 e. The summed E-state index contributed by atoms with van der Waals surface area (Å²) in [5.41, 5.74) is 1.65. The number of hydrogen-bond donors (Lipinski definition) is 1. The second kappa shape index (κ2) is 6.56. The van der Waals surface area contributed by atoms with Gasteiger partial charge in [-0.15, -0.1) is 0 Å². The summed E-state index contributed by atoms with van der Waals surface area (Å²) in [6, 6.07) is 3.62. The molecule has 0 aliphatic carbocycles. The Morgan fingerprint density at radius 1 is 1.35 bits per heavy atom. The molecule has 3 nitrogen and oxygen atoms in total. The fourth-order valence-electron chi connectivity index (χ4n) is 1.21. The van der Waals surface area contributed by atoms with Gasteiger partial charge >= 0.3 is 6.18 Å². The Balaban J connectivity index is 2.27. The summed E-state index contributed by atoms with van der Waals surface area (Å²) in [5.74, 6) is 0. The van der Waals surface area contributed by atoms with Gasteiger partial charge in [0.25, 0.3) is 0 Å². The predicted octanol–water partition coefficient (Wildman–Crippen LogP) is 2.27. The van der Waals surface area contributed by atoms with Gasteiger partial charge in [-0.3, -0.25) is 4.98 Å². The third-order valence-corrected chi connectivity index (χ3v) is 2.05. The van der Waals surface area contributed by atoms with E-state index in [2.05, 4.69) is 10.3 Å². The average Bonchev–Trinajstić information content (AvgIpc) is 2.26. The van der Waals surface area contributed by atoms with Crippen molar-refractivity contribution in [2.24, 2.45) is 0 Å². The summed E-state index contributed by atoms with van der Waals surface area (Å²) in [7, 11) is 1.83. The summed E-state index contributed by atoms with van der Waals surface area (Å²) < 4.78 is 40.3. The molecule has 0 aliphatic rings. The second-order valence-corrected chi connectivity index (χ2v) is 3.61. The van der Waals surface area contributed by atoms with E-state index in [9.17, 15) is 13.2 Å². The van der Waals surface area contributed by atoms with Crippen molar-refractivity contribution in [1.29, 1.82) is 0 Å². The van der Waals surface area contributed by atoms with Crippen molar-refractivity contribution in [1.82, 2.24) is 10.3 Å². The fraction of sp³-hybridized carbons (Fsp3) is 0.545. The fourth-order valence-corrected chi connectivity index (χ4v) is 1.21. The Morgan fingerprint density at radius 2 is 2.12 bits per heavy atom. The zero-order valence-electron chi connectivity index (χ0n) is 9.55. The Labute approximate surface area is 98.0 Å². The summed E-state index contributed by atoms with van der Waals surface area (Å²) in [5, 5.41) is 2.98. The maximum absolute atomic E-state index is 11.8. The minimum atomic E-state index is -4.16. The Kier molecular flexibility index (Phi) is 5.37. The highest BCUT2D eigenvalue weighted by Crippen LogP contribution is 2.19. The molecular formula is C11H15F3N2O. The molecule has 0 spiro atoms. The van der Waals surface area contributed by atoms with Crippen molar-refractivity contribution in [2.45, 2.75) is 25.7 Å². The van der Waals surface area contributed by atoms with Crippen molar-refractivity contribution in [2.75, 3.05) is 13.7 Å². The molecule has 1 aromatic rings. The van der Waals surface area contributed by atoms with Gasteiger partial charge in [-0.2, -0.15) is 13.2 Å². The summed E-state index contributed by atoms with van der Waals surface area (Å²) in [6.07, 6.45) is -3.41. The molecule has 96 valence electrons. The van der Waals surface area contributed by atoms with Gasteiger partial charge in [-0.05, 0) is 18.7 Å². The number of hydrogen-bond acceptors (Lipinski definition) is 3. The van der Waals surface area contributed by atoms with Crippen LogP contribution in [0.3, 0.4) is 0 Å². The van der Waals surface area contributed by atoms with E-state index in [1.165, 1.54) is 0 Å². The van der Waals surface area contributed by atoms with Gasteiger partial charge in [-0.25, -0.2) is 0 Å². The van der Waals surface area contributed by atoms with Crippen LogP contribution in [-0.2, 0) is 17.9 Å². The molecule has 1 aromatic heterocycles. The molecule has 0 aromatic carbocycles. The van der Waals surface area contributed by atoms with Gasteiger partial charge in [0.1, 0.15) is 0 Å². The molecule has 0 amide bonds. The third-order valence-electron chi connectivity index (χ3n) is 2.05. The molecular weight excluding hydrogens is 233 g/mol. The monoisotopic (exact) mass is 248 g/mol. The highest BCUT2D eigenvalue weighted by atomic mass is 19.4. The lowest BCUT2D eigenvalue weighted by Gasteiger charge is -2.07. The topological polar surface area (TPSA) is 34.1 Å². The van der Waals surface area contributed by atoms with Crippen LogP contribution in [0, 0.1) is 0 Å². The van der Waals surface area contributed by atoms with Crippen LogP contribution < -0.4 is 5.32 Å². The molecule has 1 rings (SSSR count). The van der Waals surface area contributed by atoms with Crippen molar-refractivity contribution < 1.29 is 17.9 Å². The van der Waals surface area contributed by atoms with E-state index in [0.29, 0.717) is 12.2 Å². The van der Waals surface area contributed by atoms with E-state index < -0.39 is 12.6 Å². The molecule has 0 saturated carbocycles. The highest BCUT2D eigenvalue weighted by Gasteiger charge is 2.26. The van der Waals surface area contributed by atoms with Gasteiger partial charge in [0.05, 0.1) is 25.3 Å². The number of pyridine rings is 1. The maximum Gasteiger partial charge on any atom is 0.391 e. The Hall–Kier alpha value is -1.14. The van der Waals surface area contributed by atoms with Crippen molar-refractivity contribution in [3.63, 3.8) is 0 Å². The third kappa shape index (κ3) is 6.23. The lowest BCUT2D eigenvalue weighted by Crippen LogP contribution is -2.11. The Bertz CT molecular complexity index is 324. The van der Waals surface area contributed by atoms with Gasteiger partial charge in [-0.1, -0.05) is 6.07 Å². The van der Waals surface area contributed by atoms with Crippen LogP contribution in [0.5, 0.6) is 0 Å². The second-order valence-electron chi connectivity index (χ2n) is 3.61. The van der Waals surface area contributed by atoms with Gasteiger partial charge in [0.2, 0.25) is 0 Å². The highest BCUT2D eigenvalue weighted by molar-refractivity contribution is 5.13. The quantitative estimate of drug-likeness (QED) is 0.784. The number of ether oxygens (including phenoxy) is 1. The molecule has 0 bridgehead atoms. The summed E-state index contributed by atoms with van der Waals surface area (Å²) in [6.45, 7) is 0.488. The largest absolute Gasteiger partial charge is 0.391 e. The Morgan fingerprint density at radius 3 is 2.65 bits per heavy atom. The van der Waals surface area contributed by atoms with Crippen molar-refractivity contribution in [3.8, 4) is 0 Å². The van der Waals surface area contributed by atoms with Crippen LogP contribution in [0.1, 0.15) is 17.7 Å². The number of halogens is 3. The van der Waals surface area contributed by atoms with Gasteiger partial charge in [0, 0.05) is 12.7 Å². The summed E-state index contributed by atoms with van der Waals surface area (Å²) in [4.78, 5) is 4.09. The van der Waals surface area contributed by atoms with Crippen LogP contribution >= 0.6 is 0 Å². The van der Waals surface area contributed by atoms with Crippen LogP contribution in [0.2, 0.25) is 0 Å². The molecule has 0 aliphatic heterocycles. The van der Waals surface area contributed by atoms with E-state index >= 15 is 0 Å². The van der Waals surface area contributed by atoms with E-state index in [-0.39, 0.29) is 13.2 Å². The SMILES string of the molecule is CNCc1ccc(COCCC(F)(F)F)nc1. The number of rotatable bonds is 6. The molecule has 0 saturated heterocycles. The van der Waals surface area contributed by atoms with E-state index in [1.807, 2.05) is 13.1 Å². The zero-order valence-corrected chi connectivity index (χ0v) is 9.55. The number of nitrogens with one attached hydrogen (secondary N) is 1. The summed E-state index contributed by atoms with van der Waals surface area (Å²) >= 11 is 0. The lowest BCUT2D eigenvalue weighted by molar-refractivity contribution is -0.146. The van der Waals surface area contributed by atoms with E-state index in [4.69, 9.17) is 4.74 Å². The first kappa shape index (κ1) is 13.9. The van der Waals surface area contributed by atoms with E-state index in [0.717, 1.165) is 5.56 Å². The number of aromatic nitrogens is 1. The maximum atomic E-state index is 11.8. The van der Waals surface area contributed by atoms with Crippen molar-refractivity contribution >= 4 is 0 Å². The zero-order chi connectivity index (χ0) is 12.7. The first-order valence-electron chi connectivity index (χ1n) is 5.24. The number of nitrogens with zero attached hydrogens (tertiary/aromatic N) is 1. The minimum absolute atomic E-state index is 0.107. The van der Waals surface area contributed by atoms with Crippen LogP contribution in [0.15, 0.2) is 18.3 Å². The van der Waals surface area contributed by atoms with Gasteiger partial charge < -0.3 is 10.1 Å². The molecule has 0 unspecified atom stereocenters. The van der Waals surface area contributed by atoms with Crippen LogP contribution in [0.25, 0.3) is 0 Å². The molecule has 1 heterocycles. The number of alkyl halides is 3. The van der Waals surface area contributed by atoms with Crippen LogP contribution in [-0.4, -0.2) is 24.8 Å². The molecule has 1 N–H and O–H groups in total. The lowest BCUT2D eigenvalue weighted by atomic mass is 10.2. The van der Waals surface area contributed by atoms with Crippen LogP contribution in [0.4, 0.5) is 13.2 Å². The van der Waals surface area contributed by atoms with Gasteiger partial charge in [0.15, 0.2) is 0 Å². The normalized spacial score (nSPS) is 11.8. The first-order chi connectivity index (χ1) is 8.01. The molecule has 6 heteroatoms. The standard InChI is InChI=1S/C11H15F3N2O/c1-15-6-9-2-3-10(16-7-9)8-17-5-4-11(12,13)14/h2-3,7,15H,4-6,8H2,1H3. The molecule has 0 atom stereocenters. The predicted molar refractivity (Wildman–Crippen MR) is 57.3 cm³/mol.